The summed E-state index contributed by atoms with van der Waals surface area (Å²) in [6, 6.07) is 5.28. The zero-order chi connectivity index (χ0) is 12.6. The molecule has 1 heterocycles. The molecule has 2 atom stereocenters. The summed E-state index contributed by atoms with van der Waals surface area (Å²) in [5.74, 6) is -1.38. The molecule has 3 N–H and O–H groups in total. The van der Waals surface area contributed by atoms with Gasteiger partial charge in [0.15, 0.2) is 0 Å². The zero-order valence-corrected chi connectivity index (χ0v) is 10.4. The van der Waals surface area contributed by atoms with E-state index in [2.05, 4.69) is 15.9 Å². The number of carboxylic acid groups (broad SMARTS) is 1. The van der Waals surface area contributed by atoms with Crippen molar-refractivity contribution >= 4 is 33.5 Å². The van der Waals surface area contributed by atoms with Crippen molar-refractivity contribution < 1.29 is 14.7 Å². The van der Waals surface area contributed by atoms with E-state index in [0.717, 1.165) is 4.47 Å². The van der Waals surface area contributed by atoms with Crippen molar-refractivity contribution in [2.45, 2.75) is 18.5 Å². The van der Waals surface area contributed by atoms with E-state index in [0.29, 0.717) is 5.69 Å². The van der Waals surface area contributed by atoms with E-state index in [1.807, 2.05) is 0 Å². The van der Waals surface area contributed by atoms with Crippen LogP contribution < -0.4 is 10.6 Å². The second-order valence-corrected chi connectivity index (χ2v) is 4.80. The van der Waals surface area contributed by atoms with E-state index >= 15 is 0 Å². The van der Waals surface area contributed by atoms with Crippen LogP contribution in [-0.4, -0.2) is 29.1 Å². The molecule has 1 amide bonds. The van der Waals surface area contributed by atoms with Crippen LogP contribution >= 0.6 is 15.9 Å². The van der Waals surface area contributed by atoms with Gasteiger partial charge in [0.2, 0.25) is 5.91 Å². The summed E-state index contributed by atoms with van der Waals surface area (Å²) in [6.45, 7) is 0. The van der Waals surface area contributed by atoms with Gasteiger partial charge in [0, 0.05) is 16.6 Å². The lowest BCUT2D eigenvalue weighted by atomic mass is 10.2. The Kier molecular flexibility index (Phi) is 3.17. The van der Waals surface area contributed by atoms with Crippen molar-refractivity contribution in [2.75, 3.05) is 4.90 Å². The second-order valence-electron chi connectivity index (χ2n) is 3.88. The van der Waals surface area contributed by atoms with E-state index < -0.39 is 18.1 Å². The molecule has 6 heteroatoms. The molecule has 0 bridgehead atoms. The van der Waals surface area contributed by atoms with Gasteiger partial charge in [0.05, 0.1) is 6.04 Å². The third kappa shape index (κ3) is 2.18. The van der Waals surface area contributed by atoms with Crippen LogP contribution in [0, 0.1) is 0 Å². The van der Waals surface area contributed by atoms with Gasteiger partial charge in [-0.3, -0.25) is 9.69 Å². The summed E-state index contributed by atoms with van der Waals surface area (Å²) in [4.78, 5) is 24.2. The highest BCUT2D eigenvalue weighted by Crippen LogP contribution is 2.27. The van der Waals surface area contributed by atoms with Crippen molar-refractivity contribution in [3.05, 3.63) is 28.7 Å². The lowest BCUT2D eigenvalue weighted by Gasteiger charge is -2.21. The average molecular weight is 299 g/mol. The Labute approximate surface area is 106 Å². The van der Waals surface area contributed by atoms with Gasteiger partial charge in [0.25, 0.3) is 0 Å². The van der Waals surface area contributed by atoms with Gasteiger partial charge in [0.1, 0.15) is 6.04 Å². The fourth-order valence-corrected chi connectivity index (χ4v) is 2.16. The van der Waals surface area contributed by atoms with Crippen LogP contribution in [0.1, 0.15) is 6.42 Å². The van der Waals surface area contributed by atoms with Crippen LogP contribution in [0.2, 0.25) is 0 Å². The van der Waals surface area contributed by atoms with Crippen molar-refractivity contribution in [2.24, 2.45) is 5.73 Å². The number of carbonyl (C=O) groups is 2. The maximum atomic E-state index is 11.8. The number of carboxylic acids is 1. The van der Waals surface area contributed by atoms with Gasteiger partial charge in [-0.15, -0.1) is 0 Å². The number of nitrogens with two attached hydrogens (primary N) is 1. The number of hydrogen-bond acceptors (Lipinski definition) is 3. The molecule has 0 aromatic heterocycles. The maximum Gasteiger partial charge on any atom is 0.326 e. The van der Waals surface area contributed by atoms with Gasteiger partial charge in [-0.1, -0.05) is 15.9 Å². The normalized spacial score (nSPS) is 24.1. The minimum atomic E-state index is -1.03. The summed E-state index contributed by atoms with van der Waals surface area (Å²) in [7, 11) is 0. The lowest BCUT2D eigenvalue weighted by molar-refractivity contribution is -0.138. The van der Waals surface area contributed by atoms with Gasteiger partial charge in [-0.05, 0) is 24.3 Å². The molecule has 1 aromatic rings. The first kappa shape index (κ1) is 12.1. The highest BCUT2D eigenvalue weighted by Gasteiger charge is 2.42. The molecule has 90 valence electrons. The molecule has 1 aromatic carbocycles. The molecular formula is C11H11BrN2O3. The van der Waals surface area contributed by atoms with Crippen molar-refractivity contribution in [3.63, 3.8) is 0 Å². The fraction of sp³-hybridized carbons (Fsp3) is 0.273. The molecule has 17 heavy (non-hydrogen) atoms. The number of rotatable bonds is 2. The van der Waals surface area contributed by atoms with Crippen LogP contribution in [0.5, 0.6) is 0 Å². The minimum Gasteiger partial charge on any atom is -0.480 e. The quantitative estimate of drug-likeness (QED) is 0.852. The molecule has 1 unspecified atom stereocenters. The summed E-state index contributed by atoms with van der Waals surface area (Å²) in [5, 5.41) is 9.08. The van der Waals surface area contributed by atoms with E-state index in [9.17, 15) is 9.59 Å². The molecule has 5 nitrogen and oxygen atoms in total. The molecule has 0 radical (unpaired) electrons. The first-order valence-corrected chi connectivity index (χ1v) is 5.87. The fourth-order valence-electron chi connectivity index (χ4n) is 1.90. The first-order chi connectivity index (χ1) is 8.00. The summed E-state index contributed by atoms with van der Waals surface area (Å²) in [5.41, 5.74) is 6.15. The molecule has 2 rings (SSSR count). The summed E-state index contributed by atoms with van der Waals surface area (Å²) < 4.78 is 0.865. The number of anilines is 1. The Morgan fingerprint density at radius 3 is 2.53 bits per heavy atom. The molecule has 1 aliphatic rings. The predicted octanol–water partition coefficient (Wildman–Crippen LogP) is 0.966. The Morgan fingerprint density at radius 2 is 2.00 bits per heavy atom. The molecule has 1 aliphatic heterocycles. The van der Waals surface area contributed by atoms with Crippen LogP contribution in [0.15, 0.2) is 28.7 Å². The number of halogens is 1. The van der Waals surface area contributed by atoms with Gasteiger partial charge in [-0.25, -0.2) is 4.79 Å². The Balaban J connectivity index is 2.37. The van der Waals surface area contributed by atoms with Crippen molar-refractivity contribution in [1.29, 1.82) is 0 Å². The number of carbonyl (C=O) groups excluding carboxylic acids is 1. The number of nitrogens with zero attached hydrogens (tertiary/aromatic N) is 1. The molecule has 0 spiro atoms. The average Bonchev–Trinajstić information content (AvgIpc) is 2.57. The predicted molar refractivity (Wildman–Crippen MR) is 65.6 cm³/mol. The molecular weight excluding hydrogens is 288 g/mol. The molecule has 1 fully saturated rings. The van der Waals surface area contributed by atoms with E-state index in [-0.39, 0.29) is 12.3 Å². The molecule has 1 saturated heterocycles. The molecule has 0 aliphatic carbocycles. The van der Waals surface area contributed by atoms with Crippen LogP contribution in [0.4, 0.5) is 5.69 Å². The van der Waals surface area contributed by atoms with Crippen molar-refractivity contribution in [1.82, 2.24) is 0 Å². The standard InChI is InChI=1S/C11H11BrN2O3/c12-6-1-3-7(4-2-6)14-9(11(16)17)5-8(13)10(14)15/h1-4,8-9H,5,13H2,(H,16,17)/t8?,9-/m0/s1. The van der Waals surface area contributed by atoms with E-state index in [1.54, 1.807) is 24.3 Å². The second kappa shape index (κ2) is 4.46. The Bertz CT molecular complexity index is 460. The highest BCUT2D eigenvalue weighted by atomic mass is 79.9. The largest absolute Gasteiger partial charge is 0.480 e. The zero-order valence-electron chi connectivity index (χ0n) is 8.84. The third-order valence-electron chi connectivity index (χ3n) is 2.73. The maximum absolute atomic E-state index is 11.8. The van der Waals surface area contributed by atoms with Crippen LogP contribution in [0.3, 0.4) is 0 Å². The number of amides is 1. The number of hydrogen-bond donors (Lipinski definition) is 2. The highest BCUT2D eigenvalue weighted by molar-refractivity contribution is 9.10. The van der Waals surface area contributed by atoms with Gasteiger partial charge >= 0.3 is 5.97 Å². The van der Waals surface area contributed by atoms with Gasteiger partial charge in [-0.2, -0.15) is 0 Å². The van der Waals surface area contributed by atoms with E-state index in [1.165, 1.54) is 4.90 Å². The monoisotopic (exact) mass is 298 g/mol. The third-order valence-corrected chi connectivity index (χ3v) is 3.26. The Hall–Kier alpha value is -1.40. The van der Waals surface area contributed by atoms with Crippen molar-refractivity contribution in [3.8, 4) is 0 Å². The summed E-state index contributed by atoms with van der Waals surface area (Å²) in [6.07, 6.45) is 0.143. The number of aliphatic carboxylic acids is 1. The number of benzene rings is 1. The first-order valence-electron chi connectivity index (χ1n) is 5.07. The summed E-state index contributed by atoms with van der Waals surface area (Å²) >= 11 is 3.28. The van der Waals surface area contributed by atoms with Gasteiger partial charge < -0.3 is 10.8 Å². The van der Waals surface area contributed by atoms with Crippen LogP contribution in [0.25, 0.3) is 0 Å². The minimum absolute atomic E-state index is 0.143. The lowest BCUT2D eigenvalue weighted by Crippen LogP contribution is -2.40. The topological polar surface area (TPSA) is 83.6 Å². The molecule has 0 saturated carbocycles. The van der Waals surface area contributed by atoms with E-state index in [4.69, 9.17) is 10.8 Å². The van der Waals surface area contributed by atoms with Crippen LogP contribution in [-0.2, 0) is 9.59 Å². The smallest absolute Gasteiger partial charge is 0.326 e. The Morgan fingerprint density at radius 1 is 1.41 bits per heavy atom. The SMILES string of the molecule is NC1C[C@@H](C(=O)O)N(c2ccc(Br)cc2)C1=O.